The van der Waals surface area contributed by atoms with Crippen molar-refractivity contribution < 1.29 is 14.6 Å². The van der Waals surface area contributed by atoms with Crippen LogP contribution in [0.4, 0.5) is 0 Å². The summed E-state index contributed by atoms with van der Waals surface area (Å²) in [6.45, 7) is 16.6. The zero-order chi connectivity index (χ0) is 24.1. The fraction of sp³-hybridized carbons (Fsp3) is 0.552. The molecule has 0 fully saturated rings. The molecule has 0 radical (unpaired) electrons. The Morgan fingerprint density at radius 3 is 1.91 bits per heavy atom. The second-order valence-electron chi connectivity index (χ2n) is 10.9. The lowest BCUT2D eigenvalue weighted by Crippen LogP contribution is -2.20. The summed E-state index contributed by atoms with van der Waals surface area (Å²) in [7, 11) is 0. The number of aryl methyl sites for hydroxylation is 1. The van der Waals surface area contributed by atoms with Gasteiger partial charge in [0.15, 0.2) is 0 Å². The summed E-state index contributed by atoms with van der Waals surface area (Å²) < 4.78 is 6.00. The molecule has 0 aliphatic carbocycles. The van der Waals surface area contributed by atoms with Crippen LogP contribution in [0.2, 0.25) is 0 Å². The van der Waals surface area contributed by atoms with Crippen LogP contribution in [0, 0.1) is 0 Å². The number of carbonyl (C=O) groups is 1. The van der Waals surface area contributed by atoms with Crippen LogP contribution < -0.4 is 4.74 Å². The average Bonchev–Trinajstić information content (AvgIpc) is 2.69. The van der Waals surface area contributed by atoms with Gasteiger partial charge >= 0.3 is 5.97 Å². The zero-order valence-corrected chi connectivity index (χ0v) is 21.4. The Bertz CT molecular complexity index is 891. The van der Waals surface area contributed by atoms with E-state index in [1.54, 1.807) is 12.1 Å². The van der Waals surface area contributed by atoms with E-state index in [2.05, 4.69) is 19.9 Å². The van der Waals surface area contributed by atoms with E-state index in [1.165, 1.54) is 5.56 Å². The molecule has 0 amide bonds. The molecule has 0 atom stereocenters. The number of unbranched alkanes of at least 4 members (excludes halogenated alkanes) is 2. The second kappa shape index (κ2) is 10.6. The van der Waals surface area contributed by atoms with E-state index >= 15 is 0 Å². The smallest absolute Gasteiger partial charge is 0.343 e. The predicted octanol–water partition coefficient (Wildman–Crippen LogP) is 7.89. The first-order valence-corrected chi connectivity index (χ1v) is 12.1. The first-order chi connectivity index (χ1) is 14.9. The van der Waals surface area contributed by atoms with E-state index < -0.39 is 0 Å². The third-order valence-corrected chi connectivity index (χ3v) is 5.97. The third kappa shape index (κ3) is 6.37. The number of benzene rings is 2. The van der Waals surface area contributed by atoms with Crippen LogP contribution in [0.1, 0.15) is 114 Å². The molecule has 0 aliphatic heterocycles. The van der Waals surface area contributed by atoms with E-state index in [1.807, 2.05) is 53.7 Å². The molecule has 3 heteroatoms. The summed E-state index contributed by atoms with van der Waals surface area (Å²) in [5.74, 6) is 0.567. The minimum absolute atomic E-state index is 0.270. The number of ether oxygens (including phenoxy) is 1. The first-order valence-electron chi connectivity index (χ1n) is 12.1. The van der Waals surface area contributed by atoms with Crippen molar-refractivity contribution >= 4 is 5.97 Å². The van der Waals surface area contributed by atoms with E-state index in [-0.39, 0.29) is 22.5 Å². The van der Waals surface area contributed by atoms with Crippen molar-refractivity contribution in [2.24, 2.45) is 0 Å². The van der Waals surface area contributed by atoms with Crippen LogP contribution in [0.3, 0.4) is 0 Å². The Labute approximate surface area is 195 Å². The van der Waals surface area contributed by atoms with Gasteiger partial charge in [0, 0.05) is 11.1 Å². The molecule has 0 bridgehead atoms. The summed E-state index contributed by atoms with van der Waals surface area (Å²) in [4.78, 5) is 13.3. The summed E-state index contributed by atoms with van der Waals surface area (Å²) in [6, 6.07) is 9.64. The summed E-state index contributed by atoms with van der Waals surface area (Å²) >= 11 is 0. The minimum Gasteiger partial charge on any atom is -0.507 e. The topological polar surface area (TPSA) is 46.5 Å². The van der Waals surface area contributed by atoms with E-state index in [9.17, 15) is 9.90 Å². The van der Waals surface area contributed by atoms with Gasteiger partial charge in [0.2, 0.25) is 0 Å². The number of aromatic hydroxyl groups is 1. The first kappa shape index (κ1) is 26.0. The second-order valence-corrected chi connectivity index (χ2v) is 10.9. The Morgan fingerprint density at radius 1 is 0.875 bits per heavy atom. The molecule has 0 aromatic heterocycles. The van der Waals surface area contributed by atoms with Crippen LogP contribution in [0.5, 0.6) is 11.5 Å². The van der Waals surface area contributed by atoms with Gasteiger partial charge < -0.3 is 9.84 Å². The molecule has 3 nitrogen and oxygen atoms in total. The maximum Gasteiger partial charge on any atom is 0.343 e. The van der Waals surface area contributed by atoms with Crippen molar-refractivity contribution in [3.05, 3.63) is 58.1 Å². The van der Waals surface area contributed by atoms with Gasteiger partial charge in [-0.2, -0.15) is 0 Å². The number of esters is 1. The highest BCUT2D eigenvalue weighted by atomic mass is 16.5. The SMILES string of the molecule is CCCCc1cccc(OC(=O)c2cc(C(C)(C)C)c(O)c(C(C)(C)C)c2)c1CCCC. The maximum atomic E-state index is 13.3. The molecule has 2 rings (SSSR count). The number of hydrogen-bond donors (Lipinski definition) is 1. The summed E-state index contributed by atoms with van der Waals surface area (Å²) in [6.07, 6.45) is 6.33. The highest BCUT2D eigenvalue weighted by molar-refractivity contribution is 5.92. The summed E-state index contributed by atoms with van der Waals surface area (Å²) in [5.41, 5.74) is 3.85. The standard InChI is InChI=1S/C29H42O3/c1-9-11-14-20-15-13-17-25(22(20)16-12-10-2)32-27(31)21-18-23(28(3,4)5)26(30)24(19-21)29(6,7)8/h13,15,17-19,30H,9-12,14,16H2,1-8H3. The van der Waals surface area contributed by atoms with Gasteiger partial charge in [-0.3, -0.25) is 0 Å². The van der Waals surface area contributed by atoms with Gasteiger partial charge in [0.25, 0.3) is 0 Å². The zero-order valence-electron chi connectivity index (χ0n) is 21.4. The van der Waals surface area contributed by atoms with Gasteiger partial charge in [-0.15, -0.1) is 0 Å². The number of phenolic OH excluding ortho intramolecular Hbond substituents is 1. The lowest BCUT2D eigenvalue weighted by molar-refractivity contribution is 0.0732. The Hall–Kier alpha value is -2.29. The van der Waals surface area contributed by atoms with Crippen molar-refractivity contribution in [3.8, 4) is 11.5 Å². The monoisotopic (exact) mass is 438 g/mol. The van der Waals surface area contributed by atoms with Crippen molar-refractivity contribution in [2.75, 3.05) is 0 Å². The van der Waals surface area contributed by atoms with Crippen LogP contribution in [0.25, 0.3) is 0 Å². The molecule has 32 heavy (non-hydrogen) atoms. The molecule has 0 spiro atoms. The normalized spacial score (nSPS) is 12.1. The Kier molecular flexibility index (Phi) is 8.56. The molecule has 0 saturated heterocycles. The molecule has 0 saturated carbocycles. The molecule has 2 aromatic carbocycles. The Morgan fingerprint density at radius 2 is 1.41 bits per heavy atom. The van der Waals surface area contributed by atoms with Gasteiger partial charge in [0.1, 0.15) is 11.5 Å². The number of phenols is 1. The van der Waals surface area contributed by atoms with Gasteiger partial charge in [-0.1, -0.05) is 80.4 Å². The highest BCUT2D eigenvalue weighted by Gasteiger charge is 2.28. The number of rotatable bonds is 8. The largest absolute Gasteiger partial charge is 0.507 e. The van der Waals surface area contributed by atoms with Gasteiger partial charge in [-0.25, -0.2) is 4.79 Å². The highest BCUT2D eigenvalue weighted by Crippen LogP contribution is 2.40. The van der Waals surface area contributed by atoms with Gasteiger partial charge in [0.05, 0.1) is 5.56 Å². The lowest BCUT2D eigenvalue weighted by atomic mass is 9.78. The minimum atomic E-state index is -0.369. The third-order valence-electron chi connectivity index (χ3n) is 5.97. The van der Waals surface area contributed by atoms with Crippen molar-refractivity contribution in [2.45, 2.75) is 105 Å². The molecule has 0 aliphatic rings. The van der Waals surface area contributed by atoms with E-state index in [0.29, 0.717) is 11.3 Å². The molecule has 0 heterocycles. The van der Waals surface area contributed by atoms with Crippen LogP contribution >= 0.6 is 0 Å². The fourth-order valence-electron chi connectivity index (χ4n) is 4.00. The van der Waals surface area contributed by atoms with Crippen LogP contribution in [0.15, 0.2) is 30.3 Å². The molecular weight excluding hydrogens is 396 g/mol. The molecular formula is C29H42O3. The van der Waals surface area contributed by atoms with Crippen molar-refractivity contribution in [1.82, 2.24) is 0 Å². The molecule has 0 unspecified atom stereocenters. The quantitative estimate of drug-likeness (QED) is 0.337. The van der Waals surface area contributed by atoms with Gasteiger partial charge in [-0.05, 0) is 65.8 Å². The number of carbonyl (C=O) groups excluding carboxylic acids is 1. The van der Waals surface area contributed by atoms with Crippen molar-refractivity contribution in [3.63, 3.8) is 0 Å². The average molecular weight is 439 g/mol. The van der Waals surface area contributed by atoms with Crippen LogP contribution in [-0.2, 0) is 23.7 Å². The Balaban J connectivity index is 2.51. The molecule has 176 valence electrons. The molecule has 1 N–H and O–H groups in total. The fourth-order valence-corrected chi connectivity index (χ4v) is 4.00. The van der Waals surface area contributed by atoms with E-state index in [4.69, 9.17) is 4.74 Å². The number of hydrogen-bond acceptors (Lipinski definition) is 3. The lowest BCUT2D eigenvalue weighted by Gasteiger charge is -2.28. The summed E-state index contributed by atoms with van der Waals surface area (Å²) in [5, 5.41) is 11.0. The maximum absolute atomic E-state index is 13.3. The predicted molar refractivity (Wildman–Crippen MR) is 134 cm³/mol. The van der Waals surface area contributed by atoms with Crippen molar-refractivity contribution in [1.29, 1.82) is 0 Å². The molecule has 2 aromatic rings. The van der Waals surface area contributed by atoms with Crippen LogP contribution in [-0.4, -0.2) is 11.1 Å². The van der Waals surface area contributed by atoms with E-state index in [0.717, 1.165) is 55.2 Å².